The minimum Gasteiger partial charge on any atom is -0.386 e. The Morgan fingerprint density at radius 2 is 2.17 bits per heavy atom. The number of alkyl halides is 1. The molecule has 0 saturated heterocycles. The molecule has 0 radical (unpaired) electrons. The highest BCUT2D eigenvalue weighted by Crippen LogP contribution is 2.53. The molecule has 1 aliphatic carbocycles. The molecule has 0 spiro atoms. The molecule has 0 amide bonds. The maximum atomic E-state index is 13.9. The summed E-state index contributed by atoms with van der Waals surface area (Å²) in [7, 11) is 0. The topological polar surface area (TPSA) is 61.8 Å². The third-order valence-corrected chi connectivity index (χ3v) is 5.01. The second kappa shape index (κ2) is 5.59. The second-order valence-corrected chi connectivity index (χ2v) is 6.65. The van der Waals surface area contributed by atoms with E-state index in [1.165, 1.54) is 23.2 Å². The van der Waals surface area contributed by atoms with Crippen molar-refractivity contribution in [3.8, 4) is 6.07 Å². The fraction of sp³-hybridized carbons (Fsp3) is 0.375. The Morgan fingerprint density at radius 1 is 1.43 bits per heavy atom. The number of nitriles is 1. The van der Waals surface area contributed by atoms with Gasteiger partial charge in [0.1, 0.15) is 29.0 Å². The molecule has 1 fully saturated rings. The second-order valence-electron chi connectivity index (χ2n) is 5.93. The van der Waals surface area contributed by atoms with Gasteiger partial charge < -0.3 is 9.67 Å². The van der Waals surface area contributed by atoms with Crippen LogP contribution >= 0.6 is 11.6 Å². The van der Waals surface area contributed by atoms with Gasteiger partial charge in [-0.1, -0.05) is 6.07 Å². The molecule has 0 bridgehead atoms. The van der Waals surface area contributed by atoms with Gasteiger partial charge in [0.2, 0.25) is 0 Å². The lowest BCUT2D eigenvalue weighted by molar-refractivity contribution is 0.00992. The number of aromatic nitrogens is 2. The first-order valence-corrected chi connectivity index (χ1v) is 7.50. The van der Waals surface area contributed by atoms with Crippen molar-refractivity contribution >= 4 is 11.6 Å². The first-order chi connectivity index (χ1) is 10.9. The average molecular weight is 338 g/mol. The highest BCUT2D eigenvalue weighted by Gasteiger charge is 2.58. The summed E-state index contributed by atoms with van der Waals surface area (Å²) in [6, 6.07) is 5.20. The third kappa shape index (κ3) is 2.94. The number of aliphatic hydroxyl groups is 1. The van der Waals surface area contributed by atoms with Gasteiger partial charge in [-0.05, 0) is 24.5 Å². The first-order valence-electron chi connectivity index (χ1n) is 7.12. The fourth-order valence-electron chi connectivity index (χ4n) is 2.73. The van der Waals surface area contributed by atoms with Gasteiger partial charge in [-0.25, -0.2) is 13.8 Å². The molecule has 1 atom stereocenters. The number of nitrogens with zero attached hydrogens (tertiary/aromatic N) is 3. The van der Waals surface area contributed by atoms with Crippen molar-refractivity contribution < 1.29 is 13.9 Å². The molecule has 4 nitrogen and oxygen atoms in total. The molecular weight excluding hydrogens is 324 g/mol. The summed E-state index contributed by atoms with van der Waals surface area (Å²) in [6.07, 6.45) is 3.90. The summed E-state index contributed by atoms with van der Waals surface area (Å²) >= 11 is 6.43. The molecule has 1 heterocycles. The minimum absolute atomic E-state index is 0.0101. The van der Waals surface area contributed by atoms with Gasteiger partial charge in [0.15, 0.2) is 0 Å². The van der Waals surface area contributed by atoms with Crippen LogP contribution in [0.2, 0.25) is 0 Å². The number of hydrogen-bond donors (Lipinski definition) is 1. The van der Waals surface area contributed by atoms with Crippen molar-refractivity contribution in [3.05, 3.63) is 53.6 Å². The number of rotatable bonds is 5. The summed E-state index contributed by atoms with van der Waals surface area (Å²) in [6.45, 7) is 0.0101. The summed E-state index contributed by atoms with van der Waals surface area (Å²) in [5.74, 6) is -1.40. The number of benzene rings is 1. The maximum absolute atomic E-state index is 13.9. The maximum Gasteiger partial charge on any atom is 0.139 e. The Balaban J connectivity index is 1.93. The number of imidazole rings is 1. The van der Waals surface area contributed by atoms with Crippen LogP contribution < -0.4 is 0 Å². The molecule has 2 aromatic rings. The van der Waals surface area contributed by atoms with Crippen molar-refractivity contribution in [2.75, 3.05) is 0 Å². The Morgan fingerprint density at radius 3 is 2.78 bits per heavy atom. The smallest absolute Gasteiger partial charge is 0.139 e. The largest absolute Gasteiger partial charge is 0.386 e. The van der Waals surface area contributed by atoms with Gasteiger partial charge in [0.25, 0.3) is 0 Å². The fourth-order valence-corrected chi connectivity index (χ4v) is 2.95. The number of halogens is 3. The molecule has 3 rings (SSSR count). The van der Waals surface area contributed by atoms with Crippen LogP contribution in [0.4, 0.5) is 8.78 Å². The summed E-state index contributed by atoms with van der Waals surface area (Å²) in [5.41, 5.74) is -1.01. The molecule has 0 aliphatic heterocycles. The Labute approximate surface area is 136 Å². The molecule has 7 heteroatoms. The predicted octanol–water partition coefficient (Wildman–Crippen LogP) is 2.78. The molecule has 1 unspecified atom stereocenters. The highest BCUT2D eigenvalue weighted by atomic mass is 35.5. The van der Waals surface area contributed by atoms with Gasteiger partial charge in [-0.2, -0.15) is 5.26 Å². The molecule has 23 heavy (non-hydrogen) atoms. The van der Waals surface area contributed by atoms with Crippen LogP contribution in [0.15, 0.2) is 30.7 Å². The van der Waals surface area contributed by atoms with Crippen LogP contribution in [0.25, 0.3) is 0 Å². The van der Waals surface area contributed by atoms with E-state index in [0.29, 0.717) is 12.8 Å². The Bertz CT molecular complexity index is 782. The Hall–Kier alpha value is -1.97. The van der Waals surface area contributed by atoms with Crippen LogP contribution in [0, 0.1) is 23.0 Å². The van der Waals surface area contributed by atoms with Gasteiger partial charge >= 0.3 is 0 Å². The lowest BCUT2D eigenvalue weighted by Crippen LogP contribution is -2.47. The van der Waals surface area contributed by atoms with Crippen LogP contribution in [0.3, 0.4) is 0 Å². The highest BCUT2D eigenvalue weighted by molar-refractivity contribution is 6.26. The molecular formula is C16H14ClF2N3O. The molecule has 1 aliphatic rings. The van der Waals surface area contributed by atoms with E-state index in [0.717, 1.165) is 12.1 Å². The average Bonchev–Trinajstić information content (AvgIpc) is 3.10. The van der Waals surface area contributed by atoms with E-state index in [1.807, 2.05) is 6.07 Å². The summed E-state index contributed by atoms with van der Waals surface area (Å²) < 4.78 is 28.5. The summed E-state index contributed by atoms with van der Waals surface area (Å²) in [4.78, 5) is 2.99. The van der Waals surface area contributed by atoms with E-state index >= 15 is 0 Å². The predicted molar refractivity (Wildman–Crippen MR) is 79.8 cm³/mol. The van der Waals surface area contributed by atoms with E-state index in [9.17, 15) is 13.9 Å². The lowest BCUT2D eigenvalue weighted by Gasteiger charge is -2.34. The molecule has 1 aromatic carbocycles. The van der Waals surface area contributed by atoms with Crippen LogP contribution in [-0.4, -0.2) is 25.1 Å². The molecule has 1 aromatic heterocycles. The van der Waals surface area contributed by atoms with Crippen molar-refractivity contribution in [1.29, 1.82) is 5.26 Å². The quantitative estimate of drug-likeness (QED) is 0.853. The van der Waals surface area contributed by atoms with Crippen molar-refractivity contribution in [2.24, 2.45) is 0 Å². The van der Waals surface area contributed by atoms with E-state index in [1.54, 1.807) is 0 Å². The summed E-state index contributed by atoms with van der Waals surface area (Å²) in [5, 5.41) is 20.2. The van der Waals surface area contributed by atoms with E-state index in [-0.39, 0.29) is 24.2 Å². The minimum atomic E-state index is -1.47. The lowest BCUT2D eigenvalue weighted by atomic mass is 9.88. The van der Waals surface area contributed by atoms with E-state index in [4.69, 9.17) is 16.9 Å². The van der Waals surface area contributed by atoms with Crippen molar-refractivity contribution in [3.63, 3.8) is 0 Å². The molecule has 1 saturated carbocycles. The van der Waals surface area contributed by atoms with E-state index in [2.05, 4.69) is 4.98 Å². The zero-order valence-electron chi connectivity index (χ0n) is 12.1. The van der Waals surface area contributed by atoms with Crippen LogP contribution in [0.1, 0.15) is 24.1 Å². The third-order valence-electron chi connectivity index (χ3n) is 4.28. The number of hydrogen-bond acceptors (Lipinski definition) is 3. The van der Waals surface area contributed by atoms with Crippen molar-refractivity contribution in [1.82, 2.24) is 9.55 Å². The first kappa shape index (κ1) is 15.9. The zero-order valence-corrected chi connectivity index (χ0v) is 12.9. The van der Waals surface area contributed by atoms with Gasteiger partial charge in [-0.15, -0.1) is 11.6 Å². The van der Waals surface area contributed by atoms with Gasteiger partial charge in [-0.3, -0.25) is 0 Å². The Kier molecular flexibility index (Phi) is 3.86. The van der Waals surface area contributed by atoms with Crippen LogP contribution in [-0.2, 0) is 13.0 Å². The van der Waals surface area contributed by atoms with Gasteiger partial charge in [0.05, 0.1) is 23.9 Å². The molecule has 1 N–H and O–H groups in total. The van der Waals surface area contributed by atoms with Gasteiger partial charge in [0, 0.05) is 12.5 Å². The van der Waals surface area contributed by atoms with Crippen LogP contribution in [0.5, 0.6) is 0 Å². The van der Waals surface area contributed by atoms with E-state index < -0.39 is 22.1 Å². The monoisotopic (exact) mass is 337 g/mol. The zero-order chi connectivity index (χ0) is 16.7. The standard InChI is InChI=1S/C16H14ClF2N3O/c17-15(3-4-15)16(23,9-22-10-21-8-13(22)7-20)6-11-1-2-12(18)5-14(11)19/h1-2,5,8,10,23H,3-4,6,9H2. The molecule has 120 valence electrons. The van der Waals surface area contributed by atoms with Crippen molar-refractivity contribution in [2.45, 2.75) is 36.3 Å². The SMILES string of the molecule is N#Cc1cncn1CC(O)(Cc1ccc(F)cc1F)C1(Cl)CC1. The normalized spacial score (nSPS) is 18.2.